The molecule has 4 rings (SSSR count). The molecule has 1 aliphatic rings. The molecule has 0 saturated carbocycles. The molecule has 1 N–H and O–H groups in total. The smallest absolute Gasteiger partial charge is 0.331 e. The average Bonchev–Trinajstić information content (AvgIpc) is 3.36. The van der Waals surface area contributed by atoms with Gasteiger partial charge in [-0.2, -0.15) is 10.1 Å². The van der Waals surface area contributed by atoms with Gasteiger partial charge >= 0.3 is 5.97 Å². The number of rotatable bonds is 7. The lowest BCUT2D eigenvalue weighted by atomic mass is 9.93. The Kier molecular flexibility index (Phi) is 5.26. The van der Waals surface area contributed by atoms with Crippen LogP contribution >= 0.6 is 0 Å². The van der Waals surface area contributed by atoms with Crippen LogP contribution < -0.4 is 5.32 Å². The molecule has 0 spiro atoms. The van der Waals surface area contributed by atoms with Crippen molar-refractivity contribution < 1.29 is 9.53 Å². The third-order valence-corrected chi connectivity index (χ3v) is 5.91. The highest BCUT2D eigenvalue weighted by molar-refractivity contribution is 5.78. The van der Waals surface area contributed by atoms with E-state index in [0.29, 0.717) is 24.2 Å². The van der Waals surface area contributed by atoms with Gasteiger partial charge in [-0.1, -0.05) is 27.2 Å². The molecule has 0 aliphatic carbocycles. The van der Waals surface area contributed by atoms with Crippen LogP contribution in [0.15, 0.2) is 30.9 Å². The molecule has 1 unspecified atom stereocenters. The molecule has 4 heterocycles. The van der Waals surface area contributed by atoms with Gasteiger partial charge in [0.1, 0.15) is 11.2 Å². The van der Waals surface area contributed by atoms with Crippen LogP contribution in [-0.4, -0.2) is 35.9 Å². The first kappa shape index (κ1) is 20.4. The number of anilines is 2. The van der Waals surface area contributed by atoms with Crippen LogP contribution in [0.5, 0.6) is 0 Å². The van der Waals surface area contributed by atoms with Gasteiger partial charge in [0.2, 0.25) is 5.95 Å². The Bertz CT molecular complexity index is 1050. The summed E-state index contributed by atoms with van der Waals surface area (Å²) in [5.74, 6) is 1.47. The summed E-state index contributed by atoms with van der Waals surface area (Å²) in [6, 6.07) is 1.65. The maximum atomic E-state index is 12.1. The Hall–Kier alpha value is -2.90. The summed E-state index contributed by atoms with van der Waals surface area (Å²) in [5, 5.41) is 8.57. The second-order valence-corrected chi connectivity index (χ2v) is 9.09. The number of ether oxygens (including phenoxy) is 1. The van der Waals surface area contributed by atoms with Crippen molar-refractivity contribution in [2.24, 2.45) is 11.8 Å². The van der Waals surface area contributed by atoms with Crippen LogP contribution in [0.25, 0.3) is 11.0 Å². The number of hydrogen-bond donors (Lipinski definition) is 1. The highest BCUT2D eigenvalue weighted by atomic mass is 16.6. The van der Waals surface area contributed by atoms with Crippen LogP contribution in [0.2, 0.25) is 0 Å². The number of cyclic esters (lactones) is 1. The van der Waals surface area contributed by atoms with Gasteiger partial charge in [0.15, 0.2) is 6.04 Å². The van der Waals surface area contributed by atoms with E-state index in [1.807, 2.05) is 20.0 Å². The summed E-state index contributed by atoms with van der Waals surface area (Å²) in [6.07, 6.45) is 9.12. The molecule has 30 heavy (non-hydrogen) atoms. The standard InChI is InChI=1S/C22H30N6O2/c1-6-15(14(2)3)12-27-8-7-16-10-23-21(26-19(16)27)25-17-11-24-28(13-17)18-9-22(4,5)30-20(18)29/h7-8,10-11,13-15,18H,6,9,12H2,1-5H3,(H,23,25,26)/t15-,18?/m0/s1. The van der Waals surface area contributed by atoms with Crippen molar-refractivity contribution in [1.82, 2.24) is 24.3 Å². The van der Waals surface area contributed by atoms with Crippen LogP contribution in [0.1, 0.15) is 53.5 Å². The lowest BCUT2D eigenvalue weighted by Gasteiger charge is -2.20. The van der Waals surface area contributed by atoms with E-state index in [9.17, 15) is 4.79 Å². The third kappa shape index (κ3) is 4.04. The molecular formula is C22H30N6O2. The Balaban J connectivity index is 1.53. The number of nitrogens with one attached hydrogen (secondary N) is 1. The van der Waals surface area contributed by atoms with Gasteiger partial charge in [0.25, 0.3) is 0 Å². The number of nitrogens with zero attached hydrogens (tertiary/aromatic N) is 5. The zero-order valence-corrected chi connectivity index (χ0v) is 18.3. The fourth-order valence-electron chi connectivity index (χ4n) is 4.08. The Labute approximate surface area is 176 Å². The molecule has 8 heteroatoms. The van der Waals surface area contributed by atoms with Gasteiger partial charge in [-0.15, -0.1) is 0 Å². The molecule has 3 aromatic heterocycles. The van der Waals surface area contributed by atoms with Gasteiger partial charge in [-0.25, -0.2) is 9.78 Å². The van der Waals surface area contributed by atoms with Gasteiger partial charge in [0, 0.05) is 36.9 Å². The minimum atomic E-state index is -0.465. The van der Waals surface area contributed by atoms with Crippen molar-refractivity contribution in [3.63, 3.8) is 0 Å². The maximum Gasteiger partial charge on any atom is 0.331 e. The summed E-state index contributed by atoms with van der Waals surface area (Å²) in [6.45, 7) is 11.5. The highest BCUT2D eigenvalue weighted by Crippen LogP contribution is 2.34. The quantitative estimate of drug-likeness (QED) is 0.584. The number of carbonyl (C=O) groups excluding carboxylic acids is 1. The third-order valence-electron chi connectivity index (χ3n) is 5.91. The lowest BCUT2D eigenvalue weighted by Crippen LogP contribution is -2.17. The van der Waals surface area contributed by atoms with E-state index in [0.717, 1.165) is 29.7 Å². The van der Waals surface area contributed by atoms with Crippen molar-refractivity contribution in [2.75, 3.05) is 5.32 Å². The van der Waals surface area contributed by atoms with Crippen LogP contribution in [0.3, 0.4) is 0 Å². The minimum absolute atomic E-state index is 0.249. The van der Waals surface area contributed by atoms with Crippen molar-refractivity contribution in [3.8, 4) is 0 Å². The van der Waals surface area contributed by atoms with Crippen LogP contribution in [-0.2, 0) is 16.1 Å². The first-order valence-electron chi connectivity index (χ1n) is 10.6. The lowest BCUT2D eigenvalue weighted by molar-refractivity contribution is -0.148. The minimum Gasteiger partial charge on any atom is -0.458 e. The second kappa shape index (κ2) is 7.74. The predicted molar refractivity (Wildman–Crippen MR) is 115 cm³/mol. The maximum absolute atomic E-state index is 12.1. The molecule has 8 nitrogen and oxygen atoms in total. The fourth-order valence-corrected chi connectivity index (χ4v) is 4.08. The Morgan fingerprint density at radius 3 is 2.80 bits per heavy atom. The van der Waals surface area contributed by atoms with E-state index in [1.165, 1.54) is 0 Å². The zero-order valence-electron chi connectivity index (χ0n) is 18.3. The van der Waals surface area contributed by atoms with Crippen molar-refractivity contribution in [2.45, 2.75) is 65.6 Å². The first-order valence-corrected chi connectivity index (χ1v) is 10.6. The van der Waals surface area contributed by atoms with Gasteiger partial charge < -0.3 is 14.6 Å². The Morgan fingerprint density at radius 1 is 1.33 bits per heavy atom. The fraction of sp³-hybridized carbons (Fsp3) is 0.545. The van der Waals surface area contributed by atoms with Gasteiger partial charge in [-0.05, 0) is 31.7 Å². The predicted octanol–water partition coefficient (Wildman–Crippen LogP) is 4.32. The molecule has 1 saturated heterocycles. The van der Waals surface area contributed by atoms with E-state index in [1.54, 1.807) is 17.1 Å². The molecule has 0 bridgehead atoms. The molecule has 0 aromatic carbocycles. The Morgan fingerprint density at radius 2 is 2.13 bits per heavy atom. The van der Waals surface area contributed by atoms with Gasteiger partial charge in [0.05, 0.1) is 11.9 Å². The zero-order chi connectivity index (χ0) is 21.5. The number of esters is 1. The molecule has 0 radical (unpaired) electrons. The largest absolute Gasteiger partial charge is 0.458 e. The van der Waals surface area contributed by atoms with E-state index < -0.39 is 11.6 Å². The molecule has 1 fully saturated rings. The van der Waals surface area contributed by atoms with Crippen molar-refractivity contribution in [3.05, 3.63) is 30.9 Å². The van der Waals surface area contributed by atoms with Crippen molar-refractivity contribution >= 4 is 28.6 Å². The number of carbonyl (C=O) groups is 1. The highest BCUT2D eigenvalue weighted by Gasteiger charge is 2.41. The van der Waals surface area contributed by atoms with Crippen LogP contribution in [0.4, 0.5) is 11.6 Å². The van der Waals surface area contributed by atoms with E-state index in [4.69, 9.17) is 9.72 Å². The SMILES string of the molecule is CC[C@@H](Cn1ccc2cnc(Nc3cnn(C4CC(C)(C)OC4=O)c3)nc21)C(C)C. The number of aromatic nitrogens is 5. The summed E-state index contributed by atoms with van der Waals surface area (Å²) >= 11 is 0. The summed E-state index contributed by atoms with van der Waals surface area (Å²) < 4.78 is 9.26. The molecule has 3 aromatic rings. The molecule has 0 amide bonds. The summed E-state index contributed by atoms with van der Waals surface area (Å²) in [7, 11) is 0. The van der Waals surface area contributed by atoms with Gasteiger partial charge in [-0.3, -0.25) is 4.68 Å². The molecule has 160 valence electrons. The molecule has 1 aliphatic heterocycles. The van der Waals surface area contributed by atoms with E-state index in [2.05, 4.69) is 53.0 Å². The average molecular weight is 411 g/mol. The molecular weight excluding hydrogens is 380 g/mol. The second-order valence-electron chi connectivity index (χ2n) is 9.09. The topological polar surface area (TPSA) is 86.9 Å². The van der Waals surface area contributed by atoms with E-state index in [-0.39, 0.29) is 5.97 Å². The number of fused-ring (bicyclic) bond motifs is 1. The summed E-state index contributed by atoms with van der Waals surface area (Å²) in [5.41, 5.74) is 1.19. The first-order chi connectivity index (χ1) is 14.3. The van der Waals surface area contributed by atoms with Crippen LogP contribution in [0, 0.1) is 11.8 Å². The summed E-state index contributed by atoms with van der Waals surface area (Å²) in [4.78, 5) is 21.3. The molecule has 2 atom stereocenters. The van der Waals surface area contributed by atoms with Crippen molar-refractivity contribution in [1.29, 1.82) is 0 Å². The normalized spacial score (nSPS) is 19.4. The monoisotopic (exact) mass is 410 g/mol. The number of hydrogen-bond acceptors (Lipinski definition) is 6. The van der Waals surface area contributed by atoms with E-state index >= 15 is 0 Å².